The zero-order chi connectivity index (χ0) is 20.8. The number of hydrogen-bond donors (Lipinski definition) is 2. The standard InChI is InChI=1S/C25H31N3O2/c26-23(30)25(16-29,15-17-1-5-27-6-2-17)22(21-3-7-28-8-4-21)24-12-18-9-19(13-24)11-20(10-18)14-24/h1-8,18-20,22,29H,9-16H2,(H2,26,30). The summed E-state index contributed by atoms with van der Waals surface area (Å²) in [7, 11) is 0. The molecule has 2 aromatic heterocycles. The normalized spacial score (nSPS) is 32.5. The summed E-state index contributed by atoms with van der Waals surface area (Å²) in [6.07, 6.45) is 14.9. The molecule has 1 amide bonds. The van der Waals surface area contributed by atoms with Gasteiger partial charge in [0.1, 0.15) is 0 Å². The van der Waals surface area contributed by atoms with Crippen molar-refractivity contribution in [1.82, 2.24) is 9.97 Å². The number of aromatic nitrogens is 2. The minimum Gasteiger partial charge on any atom is -0.395 e. The predicted molar refractivity (Wildman–Crippen MR) is 114 cm³/mol. The third-order valence-electron chi connectivity index (χ3n) is 8.33. The minimum absolute atomic E-state index is 0.0148. The molecular formula is C25H31N3O2. The Labute approximate surface area is 178 Å². The van der Waals surface area contributed by atoms with Crippen molar-refractivity contribution in [3.05, 3.63) is 60.2 Å². The summed E-state index contributed by atoms with van der Waals surface area (Å²) in [5, 5.41) is 10.8. The molecule has 4 saturated carbocycles. The van der Waals surface area contributed by atoms with E-state index in [4.69, 9.17) is 5.73 Å². The third-order valence-corrected chi connectivity index (χ3v) is 8.33. The summed E-state index contributed by atoms with van der Waals surface area (Å²) >= 11 is 0. The van der Waals surface area contributed by atoms with Crippen molar-refractivity contribution in [2.45, 2.75) is 50.9 Å². The first-order chi connectivity index (χ1) is 14.5. The minimum atomic E-state index is -1.05. The number of nitrogens with zero attached hydrogens (tertiary/aromatic N) is 2. The van der Waals surface area contributed by atoms with Gasteiger partial charge in [0.25, 0.3) is 0 Å². The number of carbonyl (C=O) groups is 1. The molecule has 5 heteroatoms. The average molecular weight is 406 g/mol. The molecule has 3 N–H and O–H groups in total. The highest BCUT2D eigenvalue weighted by Gasteiger charge is 2.60. The highest BCUT2D eigenvalue weighted by atomic mass is 16.3. The van der Waals surface area contributed by atoms with Crippen LogP contribution in [0.3, 0.4) is 0 Å². The largest absolute Gasteiger partial charge is 0.395 e. The van der Waals surface area contributed by atoms with E-state index in [0.29, 0.717) is 6.42 Å². The number of rotatable bonds is 7. The van der Waals surface area contributed by atoms with Gasteiger partial charge in [-0.15, -0.1) is 0 Å². The van der Waals surface area contributed by atoms with Gasteiger partial charge in [-0.3, -0.25) is 14.8 Å². The van der Waals surface area contributed by atoms with E-state index in [1.807, 2.05) is 24.3 Å². The zero-order valence-corrected chi connectivity index (χ0v) is 17.4. The first-order valence-electron chi connectivity index (χ1n) is 11.2. The number of pyridine rings is 2. The fourth-order valence-corrected chi connectivity index (χ4v) is 7.77. The number of aliphatic hydroxyl groups is 1. The molecule has 0 radical (unpaired) electrons. The second-order valence-corrected chi connectivity index (χ2v) is 10.2. The van der Waals surface area contributed by atoms with Gasteiger partial charge in [-0.2, -0.15) is 0 Å². The lowest BCUT2D eigenvalue weighted by atomic mass is 9.42. The average Bonchev–Trinajstić information content (AvgIpc) is 2.73. The van der Waals surface area contributed by atoms with Gasteiger partial charge >= 0.3 is 0 Å². The molecular weight excluding hydrogens is 374 g/mol. The summed E-state index contributed by atoms with van der Waals surface area (Å²) in [6, 6.07) is 7.92. The molecule has 0 aromatic carbocycles. The van der Waals surface area contributed by atoms with E-state index in [9.17, 15) is 9.90 Å². The highest BCUT2D eigenvalue weighted by molar-refractivity contribution is 5.83. The number of hydrogen-bond acceptors (Lipinski definition) is 4. The Morgan fingerprint density at radius 1 is 1.00 bits per heavy atom. The van der Waals surface area contributed by atoms with Crippen molar-refractivity contribution < 1.29 is 9.90 Å². The molecule has 4 fully saturated rings. The molecule has 4 aliphatic carbocycles. The van der Waals surface area contributed by atoms with Crippen molar-refractivity contribution >= 4 is 5.91 Å². The van der Waals surface area contributed by atoms with Crippen LogP contribution in [0, 0.1) is 28.6 Å². The summed E-state index contributed by atoms with van der Waals surface area (Å²) in [5.41, 5.74) is 7.20. The third kappa shape index (κ3) is 3.15. The zero-order valence-electron chi connectivity index (χ0n) is 17.4. The van der Waals surface area contributed by atoms with E-state index in [1.165, 1.54) is 19.3 Å². The fourth-order valence-electron chi connectivity index (χ4n) is 7.77. The lowest BCUT2D eigenvalue weighted by Crippen LogP contribution is -2.57. The van der Waals surface area contributed by atoms with Crippen LogP contribution in [0.4, 0.5) is 0 Å². The van der Waals surface area contributed by atoms with E-state index in [-0.39, 0.29) is 17.9 Å². The molecule has 0 spiro atoms. The van der Waals surface area contributed by atoms with Crippen LogP contribution in [0.5, 0.6) is 0 Å². The number of carbonyl (C=O) groups excluding carboxylic acids is 1. The van der Waals surface area contributed by atoms with Crippen LogP contribution < -0.4 is 5.73 Å². The SMILES string of the molecule is NC(=O)C(CO)(Cc1ccncc1)C(c1ccncc1)C12CC3CC(CC(C3)C1)C2. The lowest BCUT2D eigenvalue weighted by molar-refractivity contribution is -0.144. The molecule has 4 bridgehead atoms. The van der Waals surface area contributed by atoms with Crippen LogP contribution in [-0.2, 0) is 11.2 Å². The van der Waals surface area contributed by atoms with Crippen molar-refractivity contribution in [2.75, 3.05) is 6.61 Å². The van der Waals surface area contributed by atoms with Gasteiger partial charge in [-0.25, -0.2) is 0 Å². The van der Waals surface area contributed by atoms with Gasteiger partial charge < -0.3 is 10.8 Å². The Bertz CT molecular complexity index is 866. The molecule has 4 aliphatic rings. The Kier molecular flexibility index (Phi) is 4.89. The van der Waals surface area contributed by atoms with E-state index in [2.05, 4.69) is 9.97 Å². The number of nitrogens with two attached hydrogens (primary N) is 1. The second kappa shape index (κ2) is 7.45. The van der Waals surface area contributed by atoms with Crippen LogP contribution in [0.15, 0.2) is 49.1 Å². The van der Waals surface area contributed by atoms with Gasteiger partial charge in [0.2, 0.25) is 5.91 Å². The quantitative estimate of drug-likeness (QED) is 0.738. The summed E-state index contributed by atoms with van der Waals surface area (Å²) < 4.78 is 0. The Morgan fingerprint density at radius 2 is 1.50 bits per heavy atom. The molecule has 2 atom stereocenters. The molecule has 2 heterocycles. The smallest absolute Gasteiger partial charge is 0.226 e. The van der Waals surface area contributed by atoms with E-state index in [0.717, 1.165) is 48.1 Å². The summed E-state index contributed by atoms with van der Waals surface area (Å²) in [5.74, 6) is 1.71. The van der Waals surface area contributed by atoms with Crippen molar-refractivity contribution in [2.24, 2.45) is 34.3 Å². The molecule has 2 unspecified atom stereocenters. The number of amides is 1. The molecule has 2 aromatic rings. The van der Waals surface area contributed by atoms with Gasteiger partial charge in [-0.1, -0.05) is 0 Å². The highest BCUT2D eigenvalue weighted by Crippen LogP contribution is 2.67. The molecule has 5 nitrogen and oxygen atoms in total. The van der Waals surface area contributed by atoms with Crippen LogP contribution in [0.2, 0.25) is 0 Å². The first kappa shape index (κ1) is 19.7. The van der Waals surface area contributed by atoms with Crippen molar-refractivity contribution in [1.29, 1.82) is 0 Å². The fraction of sp³-hybridized carbons (Fsp3) is 0.560. The van der Waals surface area contributed by atoms with Crippen LogP contribution in [-0.4, -0.2) is 27.6 Å². The molecule has 6 rings (SSSR count). The predicted octanol–water partition coefficient (Wildman–Crippen LogP) is 3.48. The van der Waals surface area contributed by atoms with Crippen LogP contribution in [0.25, 0.3) is 0 Å². The van der Waals surface area contributed by atoms with Crippen molar-refractivity contribution in [3.8, 4) is 0 Å². The first-order valence-corrected chi connectivity index (χ1v) is 11.2. The van der Waals surface area contributed by atoms with Crippen LogP contribution in [0.1, 0.15) is 55.6 Å². The van der Waals surface area contributed by atoms with Gasteiger partial charge in [0.15, 0.2) is 0 Å². The second-order valence-electron chi connectivity index (χ2n) is 10.2. The van der Waals surface area contributed by atoms with Gasteiger partial charge in [0, 0.05) is 30.7 Å². The monoisotopic (exact) mass is 405 g/mol. The van der Waals surface area contributed by atoms with Gasteiger partial charge in [-0.05, 0) is 104 Å². The van der Waals surface area contributed by atoms with E-state index >= 15 is 0 Å². The van der Waals surface area contributed by atoms with Crippen LogP contribution >= 0.6 is 0 Å². The number of aliphatic hydroxyl groups excluding tert-OH is 1. The summed E-state index contributed by atoms with van der Waals surface area (Å²) in [6.45, 7) is -0.251. The lowest BCUT2D eigenvalue weighted by Gasteiger charge is -2.62. The Morgan fingerprint density at radius 3 is 1.97 bits per heavy atom. The molecule has 30 heavy (non-hydrogen) atoms. The van der Waals surface area contributed by atoms with E-state index in [1.54, 1.807) is 24.8 Å². The maximum atomic E-state index is 13.2. The molecule has 0 aliphatic heterocycles. The molecule has 0 saturated heterocycles. The Balaban J connectivity index is 1.66. The molecule has 158 valence electrons. The maximum Gasteiger partial charge on any atom is 0.226 e. The summed E-state index contributed by atoms with van der Waals surface area (Å²) in [4.78, 5) is 21.5. The maximum absolute atomic E-state index is 13.2. The van der Waals surface area contributed by atoms with E-state index < -0.39 is 11.3 Å². The Hall–Kier alpha value is -2.27. The topological polar surface area (TPSA) is 89.1 Å². The van der Waals surface area contributed by atoms with Crippen molar-refractivity contribution in [3.63, 3.8) is 0 Å². The number of primary amides is 1. The van der Waals surface area contributed by atoms with Gasteiger partial charge in [0.05, 0.1) is 12.0 Å².